The lowest BCUT2D eigenvalue weighted by Crippen LogP contribution is -2.47. The summed E-state index contributed by atoms with van der Waals surface area (Å²) in [5, 5.41) is 6.47. The molecule has 2 atom stereocenters. The van der Waals surface area contributed by atoms with Crippen molar-refractivity contribution < 1.29 is 4.79 Å². The molecule has 0 aromatic heterocycles. The smallest absolute Gasteiger partial charge is 0.317 e. The number of fused-ring (bicyclic) bond motifs is 1. The van der Waals surface area contributed by atoms with Crippen molar-refractivity contribution in [2.75, 3.05) is 39.3 Å². The zero-order valence-corrected chi connectivity index (χ0v) is 11.0. The molecule has 3 rings (SSSR count). The van der Waals surface area contributed by atoms with Crippen LogP contribution in [0.15, 0.2) is 0 Å². The highest BCUT2D eigenvalue weighted by molar-refractivity contribution is 5.76. The predicted octanol–water partition coefficient (Wildman–Crippen LogP) is 0.228. The zero-order chi connectivity index (χ0) is 12.4. The fourth-order valence-corrected chi connectivity index (χ4v) is 3.54. The Morgan fingerprint density at radius 3 is 3.06 bits per heavy atom. The first-order valence-electron chi connectivity index (χ1n) is 7.33. The number of nitrogens with one attached hydrogen (secondary N) is 2. The summed E-state index contributed by atoms with van der Waals surface area (Å²) in [7, 11) is 0. The topological polar surface area (TPSA) is 47.6 Å². The van der Waals surface area contributed by atoms with Crippen molar-refractivity contribution in [3.05, 3.63) is 0 Å². The quantitative estimate of drug-likeness (QED) is 0.753. The molecule has 2 unspecified atom stereocenters. The molecule has 2 N–H and O–H groups in total. The minimum Gasteiger partial charge on any atom is -0.336 e. The van der Waals surface area contributed by atoms with Crippen LogP contribution in [0.2, 0.25) is 0 Å². The molecule has 5 nitrogen and oxygen atoms in total. The molecule has 18 heavy (non-hydrogen) atoms. The Balaban J connectivity index is 1.37. The van der Waals surface area contributed by atoms with Crippen LogP contribution in [0.4, 0.5) is 4.79 Å². The molecule has 0 bridgehead atoms. The van der Waals surface area contributed by atoms with Gasteiger partial charge in [0.2, 0.25) is 0 Å². The van der Waals surface area contributed by atoms with Crippen LogP contribution in [0.25, 0.3) is 0 Å². The minimum absolute atomic E-state index is 0.0995. The van der Waals surface area contributed by atoms with Gasteiger partial charge in [-0.3, -0.25) is 0 Å². The van der Waals surface area contributed by atoms with Crippen molar-refractivity contribution in [1.82, 2.24) is 20.4 Å². The summed E-state index contributed by atoms with van der Waals surface area (Å²) in [6, 6.07) is 1.59. The van der Waals surface area contributed by atoms with Crippen molar-refractivity contribution in [2.45, 2.75) is 37.8 Å². The third-order valence-corrected chi connectivity index (χ3v) is 4.58. The predicted molar refractivity (Wildman–Crippen MR) is 70.6 cm³/mol. The highest BCUT2D eigenvalue weighted by Gasteiger charge is 2.31. The number of carbonyl (C=O) groups excluding carboxylic acids is 1. The molecule has 3 aliphatic heterocycles. The van der Waals surface area contributed by atoms with Crippen molar-refractivity contribution >= 4 is 6.03 Å². The summed E-state index contributed by atoms with van der Waals surface area (Å²) in [4.78, 5) is 15.9. The van der Waals surface area contributed by atoms with E-state index in [0.717, 1.165) is 32.2 Å². The summed E-state index contributed by atoms with van der Waals surface area (Å²) in [6.07, 6.45) is 5.33. The third-order valence-electron chi connectivity index (χ3n) is 4.58. The number of hydrogen-bond acceptors (Lipinski definition) is 3. The van der Waals surface area contributed by atoms with Gasteiger partial charge in [-0.25, -0.2) is 4.79 Å². The normalized spacial score (nSPS) is 32.7. The van der Waals surface area contributed by atoms with Crippen molar-refractivity contribution in [2.24, 2.45) is 0 Å². The molecule has 0 aliphatic carbocycles. The van der Waals surface area contributed by atoms with Crippen LogP contribution in [0.3, 0.4) is 0 Å². The van der Waals surface area contributed by atoms with Crippen LogP contribution in [-0.2, 0) is 0 Å². The lowest BCUT2D eigenvalue weighted by molar-refractivity contribution is 0.165. The van der Waals surface area contributed by atoms with Gasteiger partial charge >= 0.3 is 6.03 Å². The first-order valence-corrected chi connectivity index (χ1v) is 7.33. The molecule has 3 aliphatic rings. The number of hydrogen-bond donors (Lipinski definition) is 2. The highest BCUT2D eigenvalue weighted by Crippen LogP contribution is 2.26. The second-order valence-corrected chi connectivity index (χ2v) is 5.73. The molecular formula is C13H24N4O. The second-order valence-electron chi connectivity index (χ2n) is 5.73. The van der Waals surface area contributed by atoms with Gasteiger partial charge in [-0.05, 0) is 38.8 Å². The van der Waals surface area contributed by atoms with E-state index in [-0.39, 0.29) is 6.03 Å². The van der Waals surface area contributed by atoms with Gasteiger partial charge in [-0.2, -0.15) is 0 Å². The van der Waals surface area contributed by atoms with E-state index in [1.54, 1.807) is 0 Å². The van der Waals surface area contributed by atoms with Gasteiger partial charge in [0.15, 0.2) is 0 Å². The van der Waals surface area contributed by atoms with Crippen LogP contribution >= 0.6 is 0 Å². The lowest BCUT2D eigenvalue weighted by Gasteiger charge is -2.35. The minimum atomic E-state index is 0.0995. The Hall–Kier alpha value is -0.810. The van der Waals surface area contributed by atoms with Crippen molar-refractivity contribution in [3.8, 4) is 0 Å². The fourth-order valence-electron chi connectivity index (χ4n) is 3.54. The number of carbonyl (C=O) groups is 1. The molecule has 3 fully saturated rings. The van der Waals surface area contributed by atoms with Crippen LogP contribution in [0.1, 0.15) is 25.7 Å². The van der Waals surface area contributed by atoms with E-state index in [9.17, 15) is 4.79 Å². The number of urea groups is 1. The number of rotatable bonds is 4. The summed E-state index contributed by atoms with van der Waals surface area (Å²) in [6.45, 7) is 6.01. The van der Waals surface area contributed by atoms with Crippen molar-refractivity contribution in [3.63, 3.8) is 0 Å². The van der Waals surface area contributed by atoms with Gasteiger partial charge in [-0.15, -0.1) is 0 Å². The monoisotopic (exact) mass is 252 g/mol. The van der Waals surface area contributed by atoms with E-state index in [0.29, 0.717) is 6.04 Å². The largest absolute Gasteiger partial charge is 0.336 e. The number of nitrogens with zero attached hydrogens (tertiary/aromatic N) is 2. The Morgan fingerprint density at radius 1 is 1.28 bits per heavy atom. The van der Waals surface area contributed by atoms with Crippen LogP contribution in [0.5, 0.6) is 0 Å². The Morgan fingerprint density at radius 2 is 2.22 bits per heavy atom. The van der Waals surface area contributed by atoms with E-state index >= 15 is 0 Å². The Kier molecular flexibility index (Phi) is 3.70. The standard InChI is InChI=1S/C13H24N4O/c18-13-15-5-9-17(13)8-4-14-11-3-7-16-6-1-2-12(16)10-11/h11-12,14H,1-10H2,(H,15,18). The van der Waals surface area contributed by atoms with Gasteiger partial charge in [0.25, 0.3) is 0 Å². The summed E-state index contributed by atoms with van der Waals surface area (Å²) >= 11 is 0. The van der Waals surface area contributed by atoms with E-state index in [4.69, 9.17) is 0 Å². The van der Waals surface area contributed by atoms with Gasteiger partial charge in [0.1, 0.15) is 0 Å². The van der Waals surface area contributed by atoms with Crippen LogP contribution in [-0.4, -0.2) is 67.2 Å². The average molecular weight is 252 g/mol. The molecule has 0 radical (unpaired) electrons. The number of amides is 2. The highest BCUT2D eigenvalue weighted by atomic mass is 16.2. The average Bonchev–Trinajstić information content (AvgIpc) is 2.98. The molecule has 3 saturated heterocycles. The van der Waals surface area contributed by atoms with E-state index in [1.807, 2.05) is 4.90 Å². The molecule has 5 heteroatoms. The molecular weight excluding hydrogens is 228 g/mol. The maximum Gasteiger partial charge on any atom is 0.317 e. The number of piperidine rings is 1. The maximum absolute atomic E-state index is 11.4. The Labute approximate surface area is 109 Å². The zero-order valence-electron chi connectivity index (χ0n) is 11.0. The lowest BCUT2D eigenvalue weighted by atomic mass is 9.98. The molecule has 2 amide bonds. The summed E-state index contributed by atoms with van der Waals surface area (Å²) in [5.74, 6) is 0. The summed E-state index contributed by atoms with van der Waals surface area (Å²) < 4.78 is 0. The van der Waals surface area contributed by atoms with Gasteiger partial charge in [0, 0.05) is 38.3 Å². The van der Waals surface area contributed by atoms with Gasteiger partial charge in [0.05, 0.1) is 0 Å². The molecule has 0 spiro atoms. The molecule has 3 heterocycles. The summed E-state index contributed by atoms with van der Waals surface area (Å²) in [5.41, 5.74) is 0. The van der Waals surface area contributed by atoms with E-state index in [2.05, 4.69) is 15.5 Å². The fraction of sp³-hybridized carbons (Fsp3) is 0.923. The second kappa shape index (κ2) is 5.45. The first-order chi connectivity index (χ1) is 8.83. The maximum atomic E-state index is 11.4. The SMILES string of the molecule is O=C1NCCN1CCNC1CCN2CCCC2C1. The molecule has 0 aromatic carbocycles. The van der Waals surface area contributed by atoms with Gasteiger partial charge < -0.3 is 20.4 Å². The van der Waals surface area contributed by atoms with Gasteiger partial charge in [-0.1, -0.05) is 0 Å². The molecule has 0 aromatic rings. The third kappa shape index (κ3) is 2.62. The van der Waals surface area contributed by atoms with Crippen LogP contribution in [0, 0.1) is 0 Å². The first kappa shape index (κ1) is 12.2. The van der Waals surface area contributed by atoms with E-state index < -0.39 is 0 Å². The van der Waals surface area contributed by atoms with E-state index in [1.165, 1.54) is 38.8 Å². The molecule has 102 valence electrons. The molecule has 0 saturated carbocycles. The Bertz CT molecular complexity index is 309. The van der Waals surface area contributed by atoms with Crippen LogP contribution < -0.4 is 10.6 Å². The van der Waals surface area contributed by atoms with Crippen molar-refractivity contribution in [1.29, 1.82) is 0 Å².